The Balaban J connectivity index is 1.54. The fraction of sp³-hybridized carbons (Fsp3) is 0.316. The molecule has 3 rings (SSSR count). The zero-order valence-electron chi connectivity index (χ0n) is 13.9. The van der Waals surface area contributed by atoms with Crippen LogP contribution < -0.4 is 10.5 Å². The van der Waals surface area contributed by atoms with Gasteiger partial charge in [0, 0.05) is 11.6 Å². The van der Waals surface area contributed by atoms with Crippen LogP contribution in [0.5, 0.6) is 5.75 Å². The van der Waals surface area contributed by atoms with Crippen molar-refractivity contribution >= 4 is 28.6 Å². The minimum Gasteiger partial charge on any atom is -0.489 e. The number of amides is 1. The molecule has 1 aliphatic heterocycles. The summed E-state index contributed by atoms with van der Waals surface area (Å²) in [4.78, 5) is 13.4. The number of hydrogen-bond donors (Lipinski definition) is 1. The summed E-state index contributed by atoms with van der Waals surface area (Å²) in [6.07, 6.45) is 2.11. The van der Waals surface area contributed by atoms with Crippen molar-refractivity contribution in [3.05, 3.63) is 64.7 Å². The summed E-state index contributed by atoms with van der Waals surface area (Å²) >= 11 is 7.21. The van der Waals surface area contributed by atoms with Gasteiger partial charge in [-0.25, -0.2) is 0 Å². The number of benzene rings is 2. The summed E-state index contributed by atoms with van der Waals surface area (Å²) in [5.41, 5.74) is 7.55. The van der Waals surface area contributed by atoms with Crippen LogP contribution in [0.25, 0.3) is 0 Å². The largest absolute Gasteiger partial charge is 0.489 e. The normalized spacial score (nSPS) is 17.6. The molecule has 0 radical (unpaired) electrons. The number of carbonyl (C=O) groups is 1. The number of carbonyl (C=O) groups excluding carboxylic acids is 1. The van der Waals surface area contributed by atoms with E-state index in [-0.39, 0.29) is 10.6 Å². The van der Waals surface area contributed by atoms with Crippen LogP contribution in [0.2, 0.25) is 5.02 Å². The van der Waals surface area contributed by atoms with E-state index in [1.165, 1.54) is 17.3 Å². The number of primary amides is 1. The lowest BCUT2D eigenvalue weighted by atomic mass is 10.2. The molecule has 0 aromatic heterocycles. The lowest BCUT2D eigenvalue weighted by Crippen LogP contribution is -2.28. The Morgan fingerprint density at radius 1 is 1.24 bits per heavy atom. The topological polar surface area (TPSA) is 55.6 Å². The van der Waals surface area contributed by atoms with E-state index in [9.17, 15) is 4.79 Å². The van der Waals surface area contributed by atoms with Crippen LogP contribution in [0.1, 0.15) is 24.0 Å². The predicted octanol–water partition coefficient (Wildman–Crippen LogP) is 4.65. The van der Waals surface area contributed by atoms with Crippen molar-refractivity contribution in [1.82, 2.24) is 4.90 Å². The molecule has 1 saturated heterocycles. The van der Waals surface area contributed by atoms with E-state index in [4.69, 9.17) is 22.1 Å². The first-order chi connectivity index (χ1) is 12.1. The molecular weight excluding hydrogens is 356 g/mol. The van der Waals surface area contributed by atoms with Gasteiger partial charge in [-0.3, -0.25) is 9.69 Å². The van der Waals surface area contributed by atoms with Gasteiger partial charge in [0.05, 0.1) is 5.37 Å². The Labute approximate surface area is 157 Å². The Morgan fingerprint density at radius 2 is 2.04 bits per heavy atom. The standard InChI is InChI=1S/C19H21ClN2O2S/c20-16-4-1-3-15(11-16)13-24-17-8-6-14(7-9-17)12-22-10-2-5-18(22)25-19(21)23/h1,3-4,6-9,11,18H,2,5,10,12-13H2,(H2,21,23). The molecule has 2 N–H and O–H groups in total. The van der Waals surface area contributed by atoms with Gasteiger partial charge in [-0.2, -0.15) is 0 Å². The molecule has 1 aliphatic rings. The highest BCUT2D eigenvalue weighted by Gasteiger charge is 2.26. The van der Waals surface area contributed by atoms with Gasteiger partial charge in [0.1, 0.15) is 12.4 Å². The molecule has 1 amide bonds. The Kier molecular flexibility index (Phi) is 6.24. The zero-order valence-corrected chi connectivity index (χ0v) is 15.4. The molecule has 4 nitrogen and oxygen atoms in total. The molecule has 0 aliphatic carbocycles. The summed E-state index contributed by atoms with van der Waals surface area (Å²) in [6, 6.07) is 15.8. The summed E-state index contributed by atoms with van der Waals surface area (Å²) in [7, 11) is 0. The van der Waals surface area contributed by atoms with Crippen molar-refractivity contribution < 1.29 is 9.53 Å². The number of halogens is 1. The fourth-order valence-corrected chi connectivity index (χ4v) is 4.06. The van der Waals surface area contributed by atoms with Crippen molar-refractivity contribution in [3.8, 4) is 5.75 Å². The summed E-state index contributed by atoms with van der Waals surface area (Å²) in [5, 5.41) is 0.600. The van der Waals surface area contributed by atoms with Crippen LogP contribution in [0.4, 0.5) is 4.79 Å². The fourth-order valence-electron chi connectivity index (χ4n) is 2.96. The number of likely N-dealkylation sites (tertiary alicyclic amines) is 1. The molecule has 2 aromatic rings. The first-order valence-electron chi connectivity index (χ1n) is 8.26. The SMILES string of the molecule is NC(=O)SC1CCCN1Cc1ccc(OCc2cccc(Cl)c2)cc1. The summed E-state index contributed by atoms with van der Waals surface area (Å²) in [6.45, 7) is 2.31. The Hall–Kier alpha value is -1.69. The smallest absolute Gasteiger partial charge is 0.278 e. The second kappa shape index (κ2) is 8.61. The second-order valence-corrected chi connectivity index (χ2v) is 7.69. The van der Waals surface area contributed by atoms with Gasteiger partial charge < -0.3 is 10.5 Å². The Morgan fingerprint density at radius 3 is 2.76 bits per heavy atom. The molecule has 1 fully saturated rings. The van der Waals surface area contributed by atoms with Gasteiger partial charge in [0.2, 0.25) is 0 Å². The maximum Gasteiger partial charge on any atom is 0.278 e. The number of hydrogen-bond acceptors (Lipinski definition) is 4. The molecular formula is C19H21ClN2O2S. The van der Waals surface area contributed by atoms with Crippen LogP contribution in [0, 0.1) is 0 Å². The zero-order chi connectivity index (χ0) is 17.6. The third-order valence-corrected chi connectivity index (χ3v) is 5.43. The van der Waals surface area contributed by atoms with Crippen molar-refractivity contribution in [1.29, 1.82) is 0 Å². The lowest BCUT2D eigenvalue weighted by molar-refractivity contribution is 0.265. The van der Waals surface area contributed by atoms with E-state index < -0.39 is 0 Å². The van der Waals surface area contributed by atoms with Crippen LogP contribution in [0.3, 0.4) is 0 Å². The molecule has 0 spiro atoms. The van der Waals surface area contributed by atoms with Crippen LogP contribution in [-0.4, -0.2) is 22.1 Å². The van der Waals surface area contributed by atoms with Crippen LogP contribution in [0.15, 0.2) is 48.5 Å². The minimum absolute atomic E-state index is 0.191. The number of nitrogens with two attached hydrogens (primary N) is 1. The van der Waals surface area contributed by atoms with Gasteiger partial charge in [-0.15, -0.1) is 0 Å². The molecule has 1 atom stereocenters. The highest BCUT2D eigenvalue weighted by molar-refractivity contribution is 8.14. The van der Waals surface area contributed by atoms with Gasteiger partial charge in [-0.1, -0.05) is 35.9 Å². The molecule has 2 aromatic carbocycles. The van der Waals surface area contributed by atoms with Gasteiger partial charge in [0.25, 0.3) is 5.24 Å². The van der Waals surface area contributed by atoms with Crippen LogP contribution >= 0.6 is 23.4 Å². The summed E-state index contributed by atoms with van der Waals surface area (Å²) < 4.78 is 5.81. The molecule has 1 unspecified atom stereocenters. The Bertz CT molecular complexity index is 724. The summed E-state index contributed by atoms with van der Waals surface area (Å²) in [5.74, 6) is 0.827. The quantitative estimate of drug-likeness (QED) is 0.797. The predicted molar refractivity (Wildman–Crippen MR) is 103 cm³/mol. The van der Waals surface area contributed by atoms with Crippen molar-refractivity contribution in [2.45, 2.75) is 31.4 Å². The van der Waals surface area contributed by atoms with E-state index in [1.807, 2.05) is 36.4 Å². The van der Waals surface area contributed by atoms with Gasteiger partial charge >= 0.3 is 0 Å². The lowest BCUT2D eigenvalue weighted by Gasteiger charge is -2.22. The second-order valence-electron chi connectivity index (χ2n) is 6.07. The van der Waals surface area contributed by atoms with Crippen LogP contribution in [-0.2, 0) is 13.2 Å². The average Bonchev–Trinajstić information content (AvgIpc) is 3.00. The first kappa shape index (κ1) is 18.1. The molecule has 25 heavy (non-hydrogen) atoms. The van der Waals surface area contributed by atoms with E-state index in [0.29, 0.717) is 11.6 Å². The van der Waals surface area contributed by atoms with E-state index >= 15 is 0 Å². The van der Waals surface area contributed by atoms with Crippen molar-refractivity contribution in [3.63, 3.8) is 0 Å². The number of nitrogens with zero attached hydrogens (tertiary/aromatic N) is 1. The highest BCUT2D eigenvalue weighted by Crippen LogP contribution is 2.29. The first-order valence-corrected chi connectivity index (χ1v) is 9.52. The van der Waals surface area contributed by atoms with E-state index in [0.717, 1.165) is 37.2 Å². The number of ether oxygens (including phenoxy) is 1. The molecule has 6 heteroatoms. The van der Waals surface area contributed by atoms with E-state index in [2.05, 4.69) is 17.0 Å². The van der Waals surface area contributed by atoms with Gasteiger partial charge in [0.15, 0.2) is 0 Å². The van der Waals surface area contributed by atoms with Gasteiger partial charge in [-0.05, 0) is 66.5 Å². The number of rotatable bonds is 6. The van der Waals surface area contributed by atoms with Crippen molar-refractivity contribution in [2.75, 3.05) is 6.54 Å². The van der Waals surface area contributed by atoms with E-state index in [1.54, 1.807) is 0 Å². The molecule has 0 bridgehead atoms. The average molecular weight is 377 g/mol. The third-order valence-electron chi connectivity index (χ3n) is 4.16. The number of thioether (sulfide) groups is 1. The monoisotopic (exact) mass is 376 g/mol. The highest BCUT2D eigenvalue weighted by atomic mass is 35.5. The molecule has 0 saturated carbocycles. The molecule has 1 heterocycles. The maximum absolute atomic E-state index is 11.1. The minimum atomic E-state index is -0.304. The molecule has 132 valence electrons. The van der Waals surface area contributed by atoms with Crippen molar-refractivity contribution in [2.24, 2.45) is 5.73 Å². The third kappa shape index (κ3) is 5.39. The maximum atomic E-state index is 11.1.